The van der Waals surface area contributed by atoms with Crippen molar-refractivity contribution < 1.29 is 19.2 Å². The molecule has 0 spiro atoms. The maximum absolute atomic E-state index is 11.9. The molecule has 7 aromatic rings. The molecule has 3 aromatic heterocycles. The number of nitrogens with one attached hydrogen (secondary N) is 10. The first-order chi connectivity index (χ1) is 45.1. The first-order valence-corrected chi connectivity index (χ1v) is 32.9. The van der Waals surface area contributed by atoms with Gasteiger partial charge in [0.2, 0.25) is 29.7 Å². The van der Waals surface area contributed by atoms with Crippen molar-refractivity contribution in [2.45, 2.75) is 137 Å². The van der Waals surface area contributed by atoms with Gasteiger partial charge >= 0.3 is 5.69 Å². The summed E-state index contributed by atoms with van der Waals surface area (Å²) >= 11 is 5.75. The van der Waals surface area contributed by atoms with Crippen LogP contribution in [0.4, 0.5) is 35.6 Å². The zero-order valence-electron chi connectivity index (χ0n) is 58.5. The lowest BCUT2D eigenvalue weighted by molar-refractivity contribution is 0.0790. The Balaban J connectivity index is 0.00000109. The second-order valence-corrected chi connectivity index (χ2v) is 20.6. The van der Waals surface area contributed by atoms with Crippen LogP contribution in [0.25, 0.3) is 0 Å². The number of benzene rings is 4. The molecule has 4 amide bonds. The largest absolute Gasteiger partial charge is 0.369 e. The number of halogens is 1. The van der Waals surface area contributed by atoms with Crippen LogP contribution in [-0.4, -0.2) is 153 Å². The number of aryl methyl sites for hydroxylation is 5. The van der Waals surface area contributed by atoms with Gasteiger partial charge in [0.1, 0.15) is 10.8 Å². The maximum Gasteiger partial charge on any atom is 0.350 e. The Morgan fingerprint density at radius 2 is 0.779 bits per heavy atom. The second-order valence-electron chi connectivity index (χ2n) is 20.2. The number of H-pyrrole nitrogens is 2. The van der Waals surface area contributed by atoms with E-state index in [9.17, 15) is 28.8 Å². The van der Waals surface area contributed by atoms with E-state index in [1.165, 1.54) is 22.3 Å². The number of aromatic nitrogens is 8. The molecule has 0 aliphatic heterocycles. The van der Waals surface area contributed by atoms with Gasteiger partial charge in [0, 0.05) is 102 Å². The van der Waals surface area contributed by atoms with Crippen molar-refractivity contribution in [1.82, 2.24) is 60.3 Å². The van der Waals surface area contributed by atoms with Crippen LogP contribution in [0.15, 0.2) is 107 Å². The predicted octanol–water partition coefficient (Wildman–Crippen LogP) is 11.7. The van der Waals surface area contributed by atoms with Crippen molar-refractivity contribution in [3.05, 3.63) is 173 Å². The molecule has 7 rings (SSSR count). The number of carbonyl (C=O) groups excluding carboxylic acids is 4. The number of carbonyl (C=O) groups is 4. The summed E-state index contributed by atoms with van der Waals surface area (Å²) in [6.07, 6.45) is 4.58. The molecule has 0 saturated heterocycles. The summed E-state index contributed by atoms with van der Waals surface area (Å²) in [7, 11) is 3.51. The molecule has 95 heavy (non-hydrogen) atoms. The van der Waals surface area contributed by atoms with Crippen molar-refractivity contribution in [2.75, 3.05) is 111 Å². The van der Waals surface area contributed by atoms with Gasteiger partial charge in [-0.2, -0.15) is 29.9 Å². The van der Waals surface area contributed by atoms with Crippen LogP contribution in [0.5, 0.6) is 0 Å². The number of rotatable bonds is 24. The van der Waals surface area contributed by atoms with Crippen molar-refractivity contribution in [3.8, 4) is 0 Å². The zero-order chi connectivity index (χ0) is 70.4. The molecule has 0 saturated carbocycles. The summed E-state index contributed by atoms with van der Waals surface area (Å²) in [5, 5.41) is 23.2. The minimum absolute atomic E-state index is 0. The topological polar surface area (TPSA) is 314 Å². The summed E-state index contributed by atoms with van der Waals surface area (Å²) in [5.41, 5.74) is 7.35. The standard InChI is InChI=1S/C14H20N2O2.C12H16N2O2.2C10H14.C8H13ClN4O.C8H15N5.C7H13N5O.CH4/c1-5-15(3)13(17)11-7-9-12(10-8-11)14(18)16(4)6-2;1-3-13-11(15)9-5-7-10(8-6-9)12(16)14-4-2;1-3-9-5-7-10(4-2)8-6-9;1-3-9-6-5-7-10(4-2)8-9;1-3-10-6-5(9)7(14)13-8(12-6)11-4-2;1-4-9-7-11-6(3)12-8(13-7)10-5-2;1-3-8-5-10-6(9-4-2)12-7(13)11-5;/h7-10H,5-6H2,1-4H3;5-8H,3-4H2,1-2H3,(H,13,15)(H,14,16);2*5-8H,3-4H2,1-2H3;3-4H2,1-2H3,(H3,10,11,12,13,14);4-5H2,1-3H3,(H2,9,10,11,12,13);3-4H2,1-2H3,(H3,8,9,10,11,12,13);1H4. The van der Waals surface area contributed by atoms with Crippen molar-refractivity contribution in [3.63, 3.8) is 0 Å². The fourth-order valence-corrected chi connectivity index (χ4v) is 7.84. The smallest absolute Gasteiger partial charge is 0.350 e. The van der Waals surface area contributed by atoms with Crippen LogP contribution in [-0.2, 0) is 25.7 Å². The molecule has 4 aromatic carbocycles. The first kappa shape index (κ1) is 85.5. The van der Waals surface area contributed by atoms with E-state index in [-0.39, 0.29) is 41.6 Å². The van der Waals surface area contributed by atoms with Gasteiger partial charge < -0.3 is 52.3 Å². The second kappa shape index (κ2) is 50.1. The number of hydrogen-bond donors (Lipinski definition) is 10. The van der Waals surface area contributed by atoms with Gasteiger partial charge in [0.05, 0.1) is 0 Å². The van der Waals surface area contributed by atoms with Gasteiger partial charge in [-0.15, -0.1) is 0 Å². The maximum atomic E-state index is 11.9. The SMILES string of the molecule is C.CCN(C)C(=O)c1ccc(C(=O)N(C)CC)cc1.CCNC(=O)c1ccc(C(=O)NCC)cc1.CCNc1nc(C)nc(NCC)n1.CCNc1nc(NCC)[nH]c(=O)n1.CCNc1nc(NCC)c(Cl)c(=O)[nH]1.CCc1ccc(CC)cc1.CCc1cccc(CC)c1. The third kappa shape index (κ3) is 33.8. The molecule has 10 N–H and O–H groups in total. The first-order valence-electron chi connectivity index (χ1n) is 32.5. The molecule has 522 valence electrons. The van der Waals surface area contributed by atoms with E-state index in [4.69, 9.17) is 11.6 Å². The molecule has 24 nitrogen and oxygen atoms in total. The summed E-state index contributed by atoms with van der Waals surface area (Å²) in [6.45, 7) is 36.7. The van der Waals surface area contributed by atoms with Gasteiger partial charge in [0.25, 0.3) is 29.2 Å². The molecular formula is C70H109ClN18O6. The lowest BCUT2D eigenvalue weighted by Crippen LogP contribution is -2.27. The lowest BCUT2D eigenvalue weighted by atomic mass is 10.1. The van der Waals surface area contributed by atoms with Crippen LogP contribution in [0, 0.1) is 6.92 Å². The molecule has 3 heterocycles. The molecule has 0 radical (unpaired) electrons. The Morgan fingerprint density at radius 3 is 1.13 bits per heavy atom. The molecule has 0 aliphatic rings. The van der Waals surface area contributed by atoms with Crippen LogP contribution in [0.3, 0.4) is 0 Å². The van der Waals surface area contributed by atoms with E-state index >= 15 is 0 Å². The average molecular weight is 1330 g/mol. The lowest BCUT2D eigenvalue weighted by Gasteiger charge is -2.16. The number of hydrogen-bond acceptors (Lipinski definition) is 18. The van der Waals surface area contributed by atoms with Gasteiger partial charge in [-0.1, -0.05) is 95.3 Å². The number of nitrogens with zero attached hydrogens (tertiary/aromatic N) is 8. The number of amides is 4. The van der Waals surface area contributed by atoms with E-state index in [2.05, 4.69) is 159 Å². The van der Waals surface area contributed by atoms with Crippen LogP contribution < -0.4 is 53.8 Å². The summed E-state index contributed by atoms with van der Waals surface area (Å²) < 4.78 is 0. The Hall–Kier alpha value is -9.45. The van der Waals surface area contributed by atoms with E-state index in [1.54, 1.807) is 72.4 Å². The van der Waals surface area contributed by atoms with Crippen molar-refractivity contribution >= 4 is 70.8 Å². The normalized spacial score (nSPS) is 9.71. The molecular weight excluding hydrogens is 1220 g/mol. The van der Waals surface area contributed by atoms with Crippen LogP contribution in [0.1, 0.15) is 174 Å². The Morgan fingerprint density at radius 1 is 0.421 bits per heavy atom. The van der Waals surface area contributed by atoms with Crippen molar-refractivity contribution in [2.24, 2.45) is 0 Å². The molecule has 0 fully saturated rings. The molecule has 0 bridgehead atoms. The third-order valence-corrected chi connectivity index (χ3v) is 13.4. The highest BCUT2D eigenvalue weighted by atomic mass is 35.5. The molecule has 0 aliphatic carbocycles. The Bertz CT molecular complexity index is 3230. The highest BCUT2D eigenvalue weighted by Gasteiger charge is 2.14. The van der Waals surface area contributed by atoms with Gasteiger partial charge in [0.15, 0.2) is 5.82 Å². The average Bonchev–Trinajstić information content (AvgIpc) is 1.35. The van der Waals surface area contributed by atoms with E-state index in [0.717, 1.165) is 44.6 Å². The summed E-state index contributed by atoms with van der Waals surface area (Å²) in [4.78, 5) is 101. The number of aromatic amines is 2. The molecule has 0 unspecified atom stereocenters. The minimum Gasteiger partial charge on any atom is -0.369 e. The van der Waals surface area contributed by atoms with E-state index < -0.39 is 5.69 Å². The van der Waals surface area contributed by atoms with E-state index in [1.807, 2.05) is 76.2 Å². The van der Waals surface area contributed by atoms with Gasteiger partial charge in [-0.05, 0) is 173 Å². The molecule has 25 heteroatoms. The minimum atomic E-state index is -0.401. The fourth-order valence-electron chi connectivity index (χ4n) is 7.69. The van der Waals surface area contributed by atoms with Gasteiger partial charge in [-0.25, -0.2) is 4.79 Å². The quantitative estimate of drug-likeness (QED) is 0.0269. The predicted molar refractivity (Wildman–Crippen MR) is 393 cm³/mol. The Kier molecular flexibility index (Phi) is 45.1. The highest BCUT2D eigenvalue weighted by Crippen LogP contribution is 2.15. The highest BCUT2D eigenvalue weighted by molar-refractivity contribution is 6.32. The van der Waals surface area contributed by atoms with E-state index in [0.29, 0.717) is 110 Å². The fraction of sp³-hybridized carbons (Fsp3) is 0.457. The summed E-state index contributed by atoms with van der Waals surface area (Å²) in [6, 6.07) is 31.0. The van der Waals surface area contributed by atoms with Crippen LogP contribution in [0.2, 0.25) is 5.02 Å². The number of anilines is 6. The zero-order valence-corrected chi connectivity index (χ0v) is 59.3. The third-order valence-electron chi connectivity index (χ3n) is 13.1. The molecule has 0 atom stereocenters. The van der Waals surface area contributed by atoms with Gasteiger partial charge in [-0.3, -0.25) is 33.9 Å². The monoisotopic (exact) mass is 1330 g/mol. The van der Waals surface area contributed by atoms with Crippen molar-refractivity contribution in [1.29, 1.82) is 0 Å². The summed E-state index contributed by atoms with van der Waals surface area (Å²) in [5.74, 6) is 3.32. The Labute approximate surface area is 569 Å². The van der Waals surface area contributed by atoms with Crippen LogP contribution >= 0.6 is 11.6 Å².